The quantitative estimate of drug-likeness (QED) is 0.791. The summed E-state index contributed by atoms with van der Waals surface area (Å²) in [7, 11) is 0. The maximum absolute atomic E-state index is 13.1. The highest BCUT2D eigenvalue weighted by molar-refractivity contribution is 6.30. The van der Waals surface area contributed by atoms with Crippen molar-refractivity contribution >= 4 is 17.3 Å². The van der Waals surface area contributed by atoms with E-state index >= 15 is 0 Å². The molecule has 22 heavy (non-hydrogen) atoms. The second-order valence-electron chi connectivity index (χ2n) is 5.10. The lowest BCUT2D eigenvalue weighted by Gasteiger charge is -2.37. The number of halogens is 5. The largest absolute Gasteiger partial charge is 0.368 e. The van der Waals surface area contributed by atoms with Gasteiger partial charge in [0.25, 0.3) is 0 Å². The van der Waals surface area contributed by atoms with Crippen molar-refractivity contribution in [3.8, 4) is 6.07 Å². The zero-order valence-corrected chi connectivity index (χ0v) is 12.3. The highest BCUT2D eigenvalue weighted by Crippen LogP contribution is 2.27. The van der Waals surface area contributed by atoms with Gasteiger partial charge in [-0.15, -0.1) is 0 Å². The molecule has 1 aromatic rings. The molecule has 1 aliphatic heterocycles. The molecule has 0 spiro atoms. The third-order valence-corrected chi connectivity index (χ3v) is 3.78. The fraction of sp³-hybridized carbons (Fsp3) is 0.500. The third-order valence-electron chi connectivity index (χ3n) is 3.55. The van der Waals surface area contributed by atoms with Crippen LogP contribution in [0.25, 0.3) is 0 Å². The standard InChI is InChI=1S/C14H14ClF4N3/c15-11-2-1-10(8-20)12(7-11)22-5-3-21(4-6-22)9-14(18,19)13(16)17/h1-2,7,13H,3-6,9H2. The molecule has 120 valence electrons. The van der Waals surface area contributed by atoms with Gasteiger partial charge in [-0.3, -0.25) is 4.90 Å². The monoisotopic (exact) mass is 335 g/mol. The normalized spacial score (nSPS) is 16.9. The number of anilines is 1. The van der Waals surface area contributed by atoms with Gasteiger partial charge >= 0.3 is 12.3 Å². The number of piperazine rings is 1. The van der Waals surface area contributed by atoms with Crippen molar-refractivity contribution in [2.45, 2.75) is 12.3 Å². The van der Waals surface area contributed by atoms with Crippen LogP contribution in [0.2, 0.25) is 5.02 Å². The Labute approximate surface area is 130 Å². The molecule has 0 amide bonds. The summed E-state index contributed by atoms with van der Waals surface area (Å²) >= 11 is 5.91. The smallest absolute Gasteiger partial charge is 0.319 e. The number of alkyl halides is 4. The lowest BCUT2D eigenvalue weighted by molar-refractivity contribution is -0.142. The molecule has 2 rings (SSSR count). The Hall–Kier alpha value is -1.52. The highest BCUT2D eigenvalue weighted by atomic mass is 35.5. The van der Waals surface area contributed by atoms with E-state index in [-0.39, 0.29) is 13.1 Å². The summed E-state index contributed by atoms with van der Waals surface area (Å²) in [6.45, 7) is 0.223. The topological polar surface area (TPSA) is 30.3 Å². The van der Waals surface area contributed by atoms with E-state index in [1.807, 2.05) is 4.90 Å². The van der Waals surface area contributed by atoms with Gasteiger partial charge in [-0.05, 0) is 18.2 Å². The molecular formula is C14H14ClF4N3. The van der Waals surface area contributed by atoms with Crippen LogP contribution < -0.4 is 4.90 Å². The molecule has 1 aromatic carbocycles. The minimum absolute atomic E-state index is 0.222. The fourth-order valence-corrected chi connectivity index (χ4v) is 2.54. The molecule has 8 heteroatoms. The minimum Gasteiger partial charge on any atom is -0.368 e. The number of nitriles is 1. The van der Waals surface area contributed by atoms with Gasteiger partial charge < -0.3 is 4.90 Å². The van der Waals surface area contributed by atoms with E-state index in [1.54, 1.807) is 18.2 Å². The van der Waals surface area contributed by atoms with Crippen molar-refractivity contribution in [3.63, 3.8) is 0 Å². The summed E-state index contributed by atoms with van der Waals surface area (Å²) in [6.07, 6.45) is -3.66. The summed E-state index contributed by atoms with van der Waals surface area (Å²) in [5, 5.41) is 9.57. The number of hydrogen-bond acceptors (Lipinski definition) is 3. The first-order valence-electron chi connectivity index (χ1n) is 6.66. The fourth-order valence-electron chi connectivity index (χ4n) is 2.37. The predicted octanol–water partition coefficient (Wildman–Crippen LogP) is 3.23. The van der Waals surface area contributed by atoms with Crippen LogP contribution in [-0.4, -0.2) is 50.0 Å². The van der Waals surface area contributed by atoms with Gasteiger partial charge in [-0.1, -0.05) is 11.6 Å². The lowest BCUT2D eigenvalue weighted by atomic mass is 10.1. The number of hydrogen-bond donors (Lipinski definition) is 0. The van der Waals surface area contributed by atoms with E-state index in [1.165, 1.54) is 4.90 Å². The van der Waals surface area contributed by atoms with E-state index in [0.29, 0.717) is 29.4 Å². The molecule has 1 saturated heterocycles. The van der Waals surface area contributed by atoms with E-state index in [2.05, 4.69) is 6.07 Å². The maximum atomic E-state index is 13.1. The van der Waals surface area contributed by atoms with Crippen LogP contribution in [-0.2, 0) is 0 Å². The zero-order chi connectivity index (χ0) is 16.3. The van der Waals surface area contributed by atoms with Gasteiger partial charge in [-0.2, -0.15) is 14.0 Å². The Kier molecular flexibility index (Phi) is 5.14. The van der Waals surface area contributed by atoms with Crippen LogP contribution in [0.1, 0.15) is 5.56 Å². The van der Waals surface area contributed by atoms with Gasteiger partial charge in [0.15, 0.2) is 0 Å². The molecule has 1 fully saturated rings. The van der Waals surface area contributed by atoms with E-state index in [0.717, 1.165) is 0 Å². The second-order valence-corrected chi connectivity index (χ2v) is 5.53. The van der Waals surface area contributed by atoms with Gasteiger partial charge in [-0.25, -0.2) is 8.78 Å². The van der Waals surface area contributed by atoms with E-state index in [4.69, 9.17) is 16.9 Å². The van der Waals surface area contributed by atoms with Gasteiger partial charge in [0, 0.05) is 31.2 Å². The summed E-state index contributed by atoms with van der Waals surface area (Å²) in [6, 6.07) is 6.89. The van der Waals surface area contributed by atoms with E-state index < -0.39 is 18.9 Å². The first-order chi connectivity index (χ1) is 10.3. The average Bonchev–Trinajstić information content (AvgIpc) is 2.47. The predicted molar refractivity (Wildman–Crippen MR) is 75.8 cm³/mol. The van der Waals surface area contributed by atoms with Crippen LogP contribution >= 0.6 is 11.6 Å². The molecule has 0 unspecified atom stereocenters. The molecular weight excluding hydrogens is 322 g/mol. The van der Waals surface area contributed by atoms with Crippen LogP contribution in [0, 0.1) is 11.3 Å². The van der Waals surface area contributed by atoms with E-state index in [9.17, 15) is 17.6 Å². The van der Waals surface area contributed by atoms with Crippen LogP contribution in [0.5, 0.6) is 0 Å². The van der Waals surface area contributed by atoms with Crippen LogP contribution in [0.4, 0.5) is 23.2 Å². The Bertz CT molecular complexity index is 566. The van der Waals surface area contributed by atoms with Crippen molar-refractivity contribution in [2.24, 2.45) is 0 Å². The molecule has 0 bridgehead atoms. The average molecular weight is 336 g/mol. The molecule has 0 atom stereocenters. The van der Waals surface area contributed by atoms with Crippen molar-refractivity contribution < 1.29 is 17.6 Å². The molecule has 1 heterocycles. The van der Waals surface area contributed by atoms with Gasteiger partial charge in [0.1, 0.15) is 6.07 Å². The molecule has 1 aliphatic rings. The van der Waals surface area contributed by atoms with Gasteiger partial charge in [0.2, 0.25) is 0 Å². The first kappa shape index (κ1) is 16.8. The van der Waals surface area contributed by atoms with Crippen LogP contribution in [0.3, 0.4) is 0 Å². The minimum atomic E-state index is -4.00. The maximum Gasteiger partial charge on any atom is 0.319 e. The molecule has 0 aliphatic carbocycles. The number of rotatable bonds is 4. The van der Waals surface area contributed by atoms with Crippen molar-refractivity contribution in [3.05, 3.63) is 28.8 Å². The number of nitrogens with zero attached hydrogens (tertiary/aromatic N) is 3. The summed E-state index contributed by atoms with van der Waals surface area (Å²) in [5.41, 5.74) is 1.08. The first-order valence-corrected chi connectivity index (χ1v) is 7.04. The molecule has 0 aromatic heterocycles. The third kappa shape index (κ3) is 3.81. The summed E-state index contributed by atoms with van der Waals surface area (Å²) in [4.78, 5) is 3.15. The second kappa shape index (κ2) is 6.71. The van der Waals surface area contributed by atoms with Crippen LogP contribution in [0.15, 0.2) is 18.2 Å². The highest BCUT2D eigenvalue weighted by Gasteiger charge is 2.42. The Balaban J connectivity index is 2.01. The SMILES string of the molecule is N#Cc1ccc(Cl)cc1N1CCN(CC(F)(F)C(F)F)CC1. The van der Waals surface area contributed by atoms with Crippen molar-refractivity contribution in [1.82, 2.24) is 4.90 Å². The molecule has 0 saturated carbocycles. The zero-order valence-electron chi connectivity index (χ0n) is 11.6. The summed E-state index contributed by atoms with van der Waals surface area (Å²) < 4.78 is 50.5. The Morgan fingerprint density at radius 2 is 1.86 bits per heavy atom. The van der Waals surface area contributed by atoms with Crippen molar-refractivity contribution in [1.29, 1.82) is 5.26 Å². The molecule has 3 nitrogen and oxygen atoms in total. The lowest BCUT2D eigenvalue weighted by Crippen LogP contribution is -2.51. The molecule has 0 radical (unpaired) electrons. The number of benzene rings is 1. The Morgan fingerprint density at radius 3 is 2.41 bits per heavy atom. The Morgan fingerprint density at radius 1 is 1.23 bits per heavy atom. The van der Waals surface area contributed by atoms with Crippen molar-refractivity contribution in [2.75, 3.05) is 37.6 Å². The summed E-state index contributed by atoms with van der Waals surface area (Å²) in [5.74, 6) is -4.00. The van der Waals surface area contributed by atoms with Gasteiger partial charge in [0.05, 0.1) is 17.8 Å². The molecule has 0 N–H and O–H groups in total.